The third kappa shape index (κ3) is 4.82. The van der Waals surface area contributed by atoms with Crippen molar-refractivity contribution in [3.63, 3.8) is 0 Å². The van der Waals surface area contributed by atoms with E-state index < -0.39 is 11.6 Å². The second-order valence-corrected chi connectivity index (χ2v) is 8.00. The Kier molecular flexibility index (Phi) is 7.26. The van der Waals surface area contributed by atoms with Crippen molar-refractivity contribution < 1.29 is 8.78 Å². The summed E-state index contributed by atoms with van der Waals surface area (Å²) in [5, 5.41) is 0. The Morgan fingerprint density at radius 2 is 1.61 bits per heavy atom. The van der Waals surface area contributed by atoms with Crippen LogP contribution < -0.4 is 0 Å². The van der Waals surface area contributed by atoms with Crippen LogP contribution in [-0.2, 0) is 0 Å². The molecular weight excluding hydrogens is 350 g/mol. The van der Waals surface area contributed by atoms with E-state index in [4.69, 9.17) is 0 Å². The van der Waals surface area contributed by atoms with Crippen LogP contribution in [0, 0.1) is 29.4 Å². The molecular formula is C26H30F2. The quantitative estimate of drug-likeness (QED) is 0.353. The molecule has 0 atom stereocenters. The van der Waals surface area contributed by atoms with E-state index >= 15 is 0 Å². The third-order valence-electron chi connectivity index (χ3n) is 6.10. The van der Waals surface area contributed by atoms with Crippen LogP contribution in [0.5, 0.6) is 0 Å². The molecule has 0 bridgehead atoms. The highest BCUT2D eigenvalue weighted by molar-refractivity contribution is 5.66. The van der Waals surface area contributed by atoms with Crippen LogP contribution in [-0.4, -0.2) is 0 Å². The van der Waals surface area contributed by atoms with Crippen LogP contribution in [0.25, 0.3) is 11.1 Å². The zero-order valence-electron chi connectivity index (χ0n) is 17.0. The minimum atomic E-state index is -0.864. The first-order valence-corrected chi connectivity index (χ1v) is 10.6. The van der Waals surface area contributed by atoms with Gasteiger partial charge in [-0.1, -0.05) is 62.8 Å². The molecule has 28 heavy (non-hydrogen) atoms. The summed E-state index contributed by atoms with van der Waals surface area (Å²) in [6.07, 6.45) is 10.5. The molecule has 0 unspecified atom stereocenters. The molecule has 2 aromatic rings. The minimum absolute atomic E-state index is 0.107. The van der Waals surface area contributed by atoms with Crippen molar-refractivity contribution in [3.05, 3.63) is 59.2 Å². The van der Waals surface area contributed by atoms with Crippen molar-refractivity contribution in [2.75, 3.05) is 0 Å². The van der Waals surface area contributed by atoms with Gasteiger partial charge in [-0.05, 0) is 67.7 Å². The predicted octanol–water partition coefficient (Wildman–Crippen LogP) is 7.86. The molecule has 1 saturated carbocycles. The molecule has 1 aliphatic rings. The molecule has 0 heterocycles. The first kappa shape index (κ1) is 20.6. The molecule has 0 aliphatic heterocycles. The number of rotatable bonds is 6. The zero-order chi connectivity index (χ0) is 19.9. The highest BCUT2D eigenvalue weighted by atomic mass is 19.2. The lowest BCUT2D eigenvalue weighted by molar-refractivity contribution is 0.303. The summed E-state index contributed by atoms with van der Waals surface area (Å²) in [5.74, 6) is 5.02. The Morgan fingerprint density at radius 3 is 2.25 bits per heavy atom. The van der Waals surface area contributed by atoms with Crippen LogP contribution in [0.2, 0.25) is 0 Å². The molecule has 148 valence electrons. The summed E-state index contributed by atoms with van der Waals surface area (Å²) in [5.41, 5.74) is 2.44. The number of hydrogen-bond donors (Lipinski definition) is 0. The number of halogens is 2. The molecule has 0 nitrogen and oxygen atoms in total. The van der Waals surface area contributed by atoms with Crippen molar-refractivity contribution in [3.8, 4) is 23.0 Å². The third-order valence-corrected chi connectivity index (χ3v) is 6.10. The Hall–Kier alpha value is -2.14. The largest absolute Gasteiger partial charge is 0.203 e. The average Bonchev–Trinajstić information content (AvgIpc) is 2.73. The lowest BCUT2D eigenvalue weighted by atomic mass is 9.77. The molecule has 0 spiro atoms. The molecule has 0 radical (unpaired) electrons. The van der Waals surface area contributed by atoms with E-state index in [0.29, 0.717) is 17.0 Å². The van der Waals surface area contributed by atoms with Gasteiger partial charge in [0.05, 0.1) is 5.56 Å². The number of hydrogen-bond acceptors (Lipinski definition) is 0. The molecule has 2 heteroatoms. The van der Waals surface area contributed by atoms with Gasteiger partial charge in [-0.15, -0.1) is 5.92 Å². The topological polar surface area (TPSA) is 0 Å². The average molecular weight is 381 g/mol. The maximum absolute atomic E-state index is 14.5. The molecule has 1 aliphatic carbocycles. The van der Waals surface area contributed by atoms with Gasteiger partial charge in [-0.25, -0.2) is 8.78 Å². The lowest BCUT2D eigenvalue weighted by Crippen LogP contribution is -2.13. The summed E-state index contributed by atoms with van der Waals surface area (Å²) < 4.78 is 28.6. The number of unbranched alkanes of at least 4 members (excludes halogenated alkanes) is 2. The Morgan fingerprint density at radius 1 is 0.893 bits per heavy atom. The van der Waals surface area contributed by atoms with E-state index in [1.54, 1.807) is 19.1 Å². The van der Waals surface area contributed by atoms with Crippen LogP contribution >= 0.6 is 0 Å². The lowest BCUT2D eigenvalue weighted by Gasteiger charge is -2.29. The summed E-state index contributed by atoms with van der Waals surface area (Å²) in [4.78, 5) is 0. The fraction of sp³-hybridized carbons (Fsp3) is 0.462. The van der Waals surface area contributed by atoms with E-state index in [1.165, 1.54) is 56.9 Å². The van der Waals surface area contributed by atoms with Crippen LogP contribution in [0.1, 0.15) is 82.3 Å². The molecule has 0 aromatic heterocycles. The van der Waals surface area contributed by atoms with Gasteiger partial charge in [0.15, 0.2) is 11.6 Å². The van der Waals surface area contributed by atoms with Crippen LogP contribution in [0.15, 0.2) is 36.4 Å². The maximum atomic E-state index is 14.5. The van der Waals surface area contributed by atoms with Gasteiger partial charge >= 0.3 is 0 Å². The SMILES string of the molecule is CC#Cc1ccc(-c2ccc([C@H]3CC[C@H](CCCCC)CC3)cc2)c(F)c1F. The smallest absolute Gasteiger partial charge is 0.175 e. The van der Waals surface area contributed by atoms with E-state index in [-0.39, 0.29) is 5.56 Å². The van der Waals surface area contributed by atoms with E-state index in [0.717, 1.165) is 5.92 Å². The van der Waals surface area contributed by atoms with E-state index in [1.807, 2.05) is 12.1 Å². The molecule has 3 rings (SSSR count). The van der Waals surface area contributed by atoms with Gasteiger partial charge in [-0.3, -0.25) is 0 Å². The monoisotopic (exact) mass is 380 g/mol. The zero-order valence-corrected chi connectivity index (χ0v) is 17.0. The Bertz CT molecular complexity index is 831. The Labute approximate surface area is 168 Å². The van der Waals surface area contributed by atoms with E-state index in [9.17, 15) is 8.78 Å². The van der Waals surface area contributed by atoms with Gasteiger partial charge in [0.2, 0.25) is 0 Å². The van der Waals surface area contributed by atoms with Crippen molar-refractivity contribution in [2.45, 2.75) is 71.1 Å². The molecule has 0 amide bonds. The molecule has 0 saturated heterocycles. The first-order chi connectivity index (χ1) is 13.6. The van der Waals surface area contributed by atoms with Gasteiger partial charge in [0.25, 0.3) is 0 Å². The summed E-state index contributed by atoms with van der Waals surface area (Å²) in [7, 11) is 0. The minimum Gasteiger partial charge on any atom is -0.203 e. The first-order valence-electron chi connectivity index (χ1n) is 10.6. The van der Waals surface area contributed by atoms with Gasteiger partial charge < -0.3 is 0 Å². The van der Waals surface area contributed by atoms with Crippen molar-refractivity contribution in [2.24, 2.45) is 5.92 Å². The van der Waals surface area contributed by atoms with Gasteiger partial charge in [0.1, 0.15) is 0 Å². The highest BCUT2D eigenvalue weighted by Crippen LogP contribution is 2.38. The number of benzene rings is 2. The summed E-state index contributed by atoms with van der Waals surface area (Å²) in [6.45, 7) is 3.87. The van der Waals surface area contributed by atoms with Crippen molar-refractivity contribution in [1.29, 1.82) is 0 Å². The fourth-order valence-corrected chi connectivity index (χ4v) is 4.41. The van der Waals surface area contributed by atoms with E-state index in [2.05, 4.69) is 30.9 Å². The van der Waals surface area contributed by atoms with Crippen LogP contribution in [0.3, 0.4) is 0 Å². The molecule has 2 aromatic carbocycles. The summed E-state index contributed by atoms with van der Waals surface area (Å²) in [6, 6.07) is 11.2. The van der Waals surface area contributed by atoms with Crippen LogP contribution in [0.4, 0.5) is 8.78 Å². The second kappa shape index (κ2) is 9.87. The molecule has 1 fully saturated rings. The highest BCUT2D eigenvalue weighted by Gasteiger charge is 2.22. The molecule has 0 N–H and O–H groups in total. The predicted molar refractivity (Wildman–Crippen MR) is 113 cm³/mol. The second-order valence-electron chi connectivity index (χ2n) is 8.00. The standard InChI is InChI=1S/C26H30F2/c1-3-5-6-8-19-9-11-20(12-10-19)21-13-15-22(16-14-21)24-18-17-23(7-4-2)25(27)26(24)28/h13-20H,3,5-6,8-12H2,1-2H3/t19-,20-. The van der Waals surface area contributed by atoms with Crippen molar-refractivity contribution in [1.82, 2.24) is 0 Å². The maximum Gasteiger partial charge on any atom is 0.175 e. The fourth-order valence-electron chi connectivity index (χ4n) is 4.41. The Balaban J connectivity index is 1.66. The van der Waals surface area contributed by atoms with Gasteiger partial charge in [0, 0.05) is 5.56 Å². The van der Waals surface area contributed by atoms with Crippen molar-refractivity contribution >= 4 is 0 Å². The van der Waals surface area contributed by atoms with Gasteiger partial charge in [-0.2, -0.15) is 0 Å². The summed E-state index contributed by atoms with van der Waals surface area (Å²) >= 11 is 0. The normalized spacial score (nSPS) is 19.1.